The summed E-state index contributed by atoms with van der Waals surface area (Å²) in [5, 5.41) is 9.62. The molecule has 0 aliphatic carbocycles. The molecule has 4 aromatic heterocycles. The van der Waals surface area contributed by atoms with Gasteiger partial charge in [-0.2, -0.15) is 5.10 Å². The first-order valence-electron chi connectivity index (χ1n) is 6.23. The van der Waals surface area contributed by atoms with Crippen LogP contribution in [-0.4, -0.2) is 15.2 Å². The molecular weight excluding hydrogens is 270 g/mol. The summed E-state index contributed by atoms with van der Waals surface area (Å²) in [6, 6.07) is 11.9. The topological polar surface area (TPSA) is 57.6 Å². The number of aromatic amines is 2. The zero-order valence-corrected chi connectivity index (χ0v) is 11.3. The molecule has 0 amide bonds. The Morgan fingerprint density at radius 3 is 2.80 bits per heavy atom. The molecule has 20 heavy (non-hydrogen) atoms. The lowest BCUT2D eigenvalue weighted by molar-refractivity contribution is 0.580. The van der Waals surface area contributed by atoms with Crippen molar-refractivity contribution in [2.45, 2.75) is 0 Å². The van der Waals surface area contributed by atoms with Gasteiger partial charge in [0, 0.05) is 11.1 Å². The van der Waals surface area contributed by atoms with Gasteiger partial charge in [-0.25, -0.2) is 0 Å². The molecule has 0 aliphatic rings. The molecule has 2 N–H and O–H groups in total. The number of nitrogens with zero attached hydrogens (tertiary/aromatic N) is 1. The molecule has 0 radical (unpaired) electrons. The van der Waals surface area contributed by atoms with Gasteiger partial charge in [-0.05, 0) is 35.7 Å². The number of hydrogen-bond donors (Lipinski definition) is 2. The van der Waals surface area contributed by atoms with Crippen LogP contribution in [0.1, 0.15) is 0 Å². The summed E-state index contributed by atoms with van der Waals surface area (Å²) in [7, 11) is 0. The van der Waals surface area contributed by atoms with Gasteiger partial charge in [0.15, 0.2) is 5.76 Å². The molecular formula is C15H11N3OS. The van der Waals surface area contributed by atoms with E-state index in [4.69, 9.17) is 4.42 Å². The van der Waals surface area contributed by atoms with Crippen LogP contribution >= 0.6 is 11.3 Å². The van der Waals surface area contributed by atoms with E-state index in [1.54, 1.807) is 17.6 Å². The van der Waals surface area contributed by atoms with Gasteiger partial charge >= 0.3 is 0 Å². The van der Waals surface area contributed by atoms with Crippen molar-refractivity contribution in [2.24, 2.45) is 0 Å². The number of rotatable bonds is 3. The van der Waals surface area contributed by atoms with Crippen molar-refractivity contribution in [3.05, 3.63) is 54.2 Å². The average Bonchev–Trinajstić information content (AvgIpc) is 3.23. The molecule has 0 aliphatic heterocycles. The first-order valence-corrected chi connectivity index (χ1v) is 7.11. The molecule has 0 bridgehead atoms. The van der Waals surface area contributed by atoms with Crippen LogP contribution in [0, 0.1) is 0 Å². The van der Waals surface area contributed by atoms with Gasteiger partial charge in [0.05, 0.1) is 17.5 Å². The highest BCUT2D eigenvalue weighted by Gasteiger charge is 2.20. The van der Waals surface area contributed by atoms with Crippen molar-refractivity contribution >= 4 is 11.3 Å². The van der Waals surface area contributed by atoms with Crippen LogP contribution in [-0.2, 0) is 0 Å². The molecule has 5 heteroatoms. The van der Waals surface area contributed by atoms with Crippen molar-refractivity contribution in [1.82, 2.24) is 15.2 Å². The third-order valence-corrected chi connectivity index (χ3v) is 4.04. The second-order valence-corrected chi connectivity index (χ2v) is 5.31. The molecule has 4 aromatic rings. The van der Waals surface area contributed by atoms with Crippen LogP contribution in [0.5, 0.6) is 0 Å². The summed E-state index contributed by atoms with van der Waals surface area (Å²) < 4.78 is 5.51. The van der Waals surface area contributed by atoms with Gasteiger partial charge in [0.2, 0.25) is 0 Å². The standard InChI is InChI=1S/C15H11N3OS/c1-4-10(16-7-1)14-13(12-6-3-9-20-12)15(18-17-14)11-5-2-8-19-11/h1-9,16H,(H,17,18). The lowest BCUT2D eigenvalue weighted by Crippen LogP contribution is -1.81. The largest absolute Gasteiger partial charge is 0.463 e. The maximum Gasteiger partial charge on any atom is 0.152 e. The predicted molar refractivity (Wildman–Crippen MR) is 79.4 cm³/mol. The smallest absolute Gasteiger partial charge is 0.152 e. The Kier molecular flexibility index (Phi) is 2.57. The first-order chi connectivity index (χ1) is 9.93. The lowest BCUT2D eigenvalue weighted by atomic mass is 10.1. The molecule has 4 nitrogen and oxygen atoms in total. The molecule has 0 saturated carbocycles. The summed E-state index contributed by atoms with van der Waals surface area (Å²) in [5.41, 5.74) is 3.87. The normalized spacial score (nSPS) is 11.0. The number of nitrogens with one attached hydrogen (secondary N) is 2. The Balaban J connectivity index is 1.98. The maximum atomic E-state index is 5.51. The maximum absolute atomic E-state index is 5.51. The highest BCUT2D eigenvalue weighted by atomic mass is 32.1. The molecule has 0 fully saturated rings. The van der Waals surface area contributed by atoms with Gasteiger partial charge in [-0.15, -0.1) is 11.3 Å². The predicted octanol–water partition coefficient (Wildman–Crippen LogP) is 4.39. The van der Waals surface area contributed by atoms with Crippen molar-refractivity contribution in [2.75, 3.05) is 0 Å². The Morgan fingerprint density at radius 1 is 1.10 bits per heavy atom. The molecule has 4 rings (SSSR count). The fourth-order valence-corrected chi connectivity index (χ4v) is 3.05. The number of H-pyrrole nitrogens is 2. The van der Waals surface area contributed by atoms with Crippen LogP contribution in [0.2, 0.25) is 0 Å². The van der Waals surface area contributed by atoms with E-state index in [2.05, 4.69) is 26.6 Å². The van der Waals surface area contributed by atoms with Crippen molar-refractivity contribution in [3.8, 4) is 33.3 Å². The van der Waals surface area contributed by atoms with Crippen LogP contribution in [0.3, 0.4) is 0 Å². The van der Waals surface area contributed by atoms with Gasteiger partial charge in [0.1, 0.15) is 11.4 Å². The Labute approximate surface area is 119 Å². The van der Waals surface area contributed by atoms with E-state index in [0.717, 1.165) is 33.3 Å². The Morgan fingerprint density at radius 2 is 2.10 bits per heavy atom. The minimum atomic E-state index is 0.790. The fourth-order valence-electron chi connectivity index (χ4n) is 2.27. The number of aromatic nitrogens is 3. The summed E-state index contributed by atoms with van der Waals surface area (Å²) in [6.07, 6.45) is 3.57. The Hall–Kier alpha value is -2.53. The van der Waals surface area contributed by atoms with E-state index in [-0.39, 0.29) is 0 Å². The number of hydrogen-bond acceptors (Lipinski definition) is 3. The number of furan rings is 1. The molecule has 98 valence electrons. The second kappa shape index (κ2) is 4.54. The molecule has 0 unspecified atom stereocenters. The quantitative estimate of drug-likeness (QED) is 0.585. The monoisotopic (exact) mass is 281 g/mol. The van der Waals surface area contributed by atoms with Crippen molar-refractivity contribution in [3.63, 3.8) is 0 Å². The number of thiophene rings is 1. The van der Waals surface area contributed by atoms with Crippen LogP contribution in [0.4, 0.5) is 0 Å². The first kappa shape index (κ1) is 11.3. The summed E-state index contributed by atoms with van der Waals surface area (Å²) >= 11 is 1.69. The van der Waals surface area contributed by atoms with E-state index in [1.807, 2.05) is 36.5 Å². The van der Waals surface area contributed by atoms with Gasteiger partial charge in [-0.3, -0.25) is 5.10 Å². The average molecular weight is 281 g/mol. The summed E-state index contributed by atoms with van der Waals surface area (Å²) in [4.78, 5) is 4.37. The SMILES string of the molecule is c1c[nH]c(-c2n[nH]c(-c3ccco3)c2-c2cccs2)c1. The highest BCUT2D eigenvalue weighted by Crippen LogP contribution is 2.39. The minimum absolute atomic E-state index is 0.790. The zero-order valence-electron chi connectivity index (χ0n) is 10.5. The van der Waals surface area contributed by atoms with E-state index in [1.165, 1.54) is 0 Å². The van der Waals surface area contributed by atoms with E-state index in [9.17, 15) is 0 Å². The molecule has 0 saturated heterocycles. The van der Waals surface area contributed by atoms with E-state index >= 15 is 0 Å². The third kappa shape index (κ3) is 1.71. The van der Waals surface area contributed by atoms with Gasteiger partial charge in [0.25, 0.3) is 0 Å². The fraction of sp³-hybridized carbons (Fsp3) is 0. The van der Waals surface area contributed by atoms with Crippen LogP contribution < -0.4 is 0 Å². The highest BCUT2D eigenvalue weighted by molar-refractivity contribution is 7.13. The van der Waals surface area contributed by atoms with E-state index in [0.29, 0.717) is 0 Å². The summed E-state index contributed by atoms with van der Waals surface area (Å²) in [6.45, 7) is 0. The van der Waals surface area contributed by atoms with Crippen molar-refractivity contribution in [1.29, 1.82) is 0 Å². The molecule has 0 atom stereocenters. The van der Waals surface area contributed by atoms with E-state index < -0.39 is 0 Å². The van der Waals surface area contributed by atoms with Gasteiger partial charge < -0.3 is 9.40 Å². The lowest BCUT2D eigenvalue weighted by Gasteiger charge is -2.01. The molecule has 4 heterocycles. The summed E-state index contributed by atoms with van der Waals surface area (Å²) in [5.74, 6) is 0.790. The Bertz CT molecular complexity index is 744. The van der Waals surface area contributed by atoms with Gasteiger partial charge in [-0.1, -0.05) is 6.07 Å². The minimum Gasteiger partial charge on any atom is -0.463 e. The van der Waals surface area contributed by atoms with Crippen LogP contribution in [0.15, 0.2) is 58.7 Å². The third-order valence-electron chi connectivity index (χ3n) is 3.15. The zero-order chi connectivity index (χ0) is 13.4. The molecule has 0 spiro atoms. The van der Waals surface area contributed by atoms with Crippen LogP contribution in [0.25, 0.3) is 33.3 Å². The second-order valence-electron chi connectivity index (χ2n) is 4.36. The van der Waals surface area contributed by atoms with Crippen molar-refractivity contribution < 1.29 is 4.42 Å². The molecule has 0 aromatic carbocycles.